The first kappa shape index (κ1) is 17.4. The summed E-state index contributed by atoms with van der Waals surface area (Å²) >= 11 is 0. The van der Waals surface area contributed by atoms with Gasteiger partial charge in [-0.3, -0.25) is 4.79 Å². The summed E-state index contributed by atoms with van der Waals surface area (Å²) in [5.41, 5.74) is 0. The first-order valence-electron chi connectivity index (χ1n) is 8.53. The number of hydrogen-bond donors (Lipinski definition) is 1. The molecule has 2 fully saturated rings. The van der Waals surface area contributed by atoms with E-state index in [4.69, 9.17) is 0 Å². The highest BCUT2D eigenvalue weighted by Gasteiger charge is 2.34. The molecule has 0 aromatic heterocycles. The van der Waals surface area contributed by atoms with Crippen LogP contribution >= 0.6 is 0 Å². The standard InChI is InChI=1S/C17H23FN2O3S/c18-14-7-9-16(10-8-14)24(22,23)20-11-3-4-13(12-20)17(21)19-15-5-1-2-6-15/h7-10,13,15H,1-6,11-12H2,(H,19,21)/t13-/m1/s1. The van der Waals surface area contributed by atoms with E-state index in [0.29, 0.717) is 19.4 Å². The minimum absolute atomic E-state index is 0.0408. The number of carbonyl (C=O) groups excluding carboxylic acids is 1. The van der Waals surface area contributed by atoms with E-state index < -0.39 is 15.8 Å². The summed E-state index contributed by atoms with van der Waals surface area (Å²) in [7, 11) is -3.69. The van der Waals surface area contributed by atoms with Crippen molar-refractivity contribution in [2.24, 2.45) is 5.92 Å². The molecule has 132 valence electrons. The molecule has 0 spiro atoms. The summed E-state index contributed by atoms with van der Waals surface area (Å²) in [6, 6.07) is 5.06. The highest BCUT2D eigenvalue weighted by Crippen LogP contribution is 2.25. The Morgan fingerprint density at radius 2 is 1.75 bits per heavy atom. The van der Waals surface area contributed by atoms with Crippen molar-refractivity contribution in [2.75, 3.05) is 13.1 Å². The molecule has 1 aliphatic heterocycles. The van der Waals surface area contributed by atoms with Crippen molar-refractivity contribution < 1.29 is 17.6 Å². The maximum absolute atomic E-state index is 13.0. The largest absolute Gasteiger partial charge is 0.353 e. The van der Waals surface area contributed by atoms with E-state index in [2.05, 4.69) is 5.32 Å². The molecule has 1 heterocycles. The fourth-order valence-electron chi connectivity index (χ4n) is 3.52. The first-order chi connectivity index (χ1) is 11.5. The molecule has 1 amide bonds. The molecule has 2 aliphatic rings. The highest BCUT2D eigenvalue weighted by molar-refractivity contribution is 7.89. The maximum atomic E-state index is 13.0. The quantitative estimate of drug-likeness (QED) is 0.902. The number of hydrogen-bond acceptors (Lipinski definition) is 3. The van der Waals surface area contributed by atoms with Crippen molar-refractivity contribution in [3.63, 3.8) is 0 Å². The number of rotatable bonds is 4. The van der Waals surface area contributed by atoms with Crippen LogP contribution in [0.25, 0.3) is 0 Å². The Hall–Kier alpha value is -1.47. The van der Waals surface area contributed by atoms with Gasteiger partial charge in [0.25, 0.3) is 0 Å². The molecular formula is C17H23FN2O3S. The molecule has 5 nitrogen and oxygen atoms in total. The lowest BCUT2D eigenvalue weighted by molar-refractivity contribution is -0.126. The second-order valence-electron chi connectivity index (χ2n) is 6.65. The molecule has 0 radical (unpaired) electrons. The van der Waals surface area contributed by atoms with E-state index in [-0.39, 0.29) is 29.3 Å². The van der Waals surface area contributed by atoms with Gasteiger partial charge in [0.2, 0.25) is 15.9 Å². The minimum atomic E-state index is -3.69. The molecule has 1 aliphatic carbocycles. The Labute approximate surface area is 142 Å². The summed E-state index contributed by atoms with van der Waals surface area (Å²) in [6.45, 7) is 0.588. The van der Waals surface area contributed by atoms with E-state index in [1.165, 1.54) is 16.4 Å². The van der Waals surface area contributed by atoms with Gasteiger partial charge in [0, 0.05) is 19.1 Å². The van der Waals surface area contributed by atoms with Crippen molar-refractivity contribution >= 4 is 15.9 Å². The van der Waals surface area contributed by atoms with Crippen LogP contribution in [0.2, 0.25) is 0 Å². The normalized spacial score (nSPS) is 23.3. The van der Waals surface area contributed by atoms with E-state index in [1.807, 2.05) is 0 Å². The third-order valence-electron chi connectivity index (χ3n) is 4.91. The molecule has 24 heavy (non-hydrogen) atoms. The van der Waals surface area contributed by atoms with Crippen LogP contribution in [0.4, 0.5) is 4.39 Å². The molecule has 1 aromatic carbocycles. The van der Waals surface area contributed by atoms with Gasteiger partial charge in [-0.25, -0.2) is 12.8 Å². The predicted octanol–water partition coefficient (Wildman–Crippen LogP) is 2.29. The number of nitrogens with one attached hydrogen (secondary N) is 1. The Kier molecular flexibility index (Phi) is 5.20. The second-order valence-corrected chi connectivity index (χ2v) is 8.58. The number of piperidine rings is 1. The van der Waals surface area contributed by atoms with Crippen LogP contribution in [0.5, 0.6) is 0 Å². The highest BCUT2D eigenvalue weighted by atomic mass is 32.2. The smallest absolute Gasteiger partial charge is 0.243 e. The van der Waals surface area contributed by atoms with Crippen molar-refractivity contribution in [2.45, 2.75) is 49.5 Å². The van der Waals surface area contributed by atoms with Gasteiger partial charge >= 0.3 is 0 Å². The summed E-state index contributed by atoms with van der Waals surface area (Å²) in [5.74, 6) is -0.822. The van der Waals surface area contributed by atoms with Crippen molar-refractivity contribution in [3.8, 4) is 0 Å². The van der Waals surface area contributed by atoms with Crippen LogP contribution < -0.4 is 5.32 Å². The van der Waals surface area contributed by atoms with Crippen molar-refractivity contribution in [1.29, 1.82) is 0 Å². The average molecular weight is 354 g/mol. The zero-order valence-corrected chi connectivity index (χ0v) is 14.4. The monoisotopic (exact) mass is 354 g/mol. The molecule has 3 rings (SSSR count). The zero-order valence-electron chi connectivity index (χ0n) is 13.6. The van der Waals surface area contributed by atoms with Crippen LogP contribution in [0.15, 0.2) is 29.2 Å². The van der Waals surface area contributed by atoms with Gasteiger partial charge in [0.1, 0.15) is 5.82 Å². The summed E-state index contributed by atoms with van der Waals surface area (Å²) < 4.78 is 39.7. The molecule has 1 aromatic rings. The van der Waals surface area contributed by atoms with Gasteiger partial charge in [-0.2, -0.15) is 4.31 Å². The SMILES string of the molecule is O=C(NC1CCCC1)[C@@H]1CCCN(S(=O)(=O)c2ccc(F)cc2)C1. The Morgan fingerprint density at radius 3 is 2.42 bits per heavy atom. The fourth-order valence-corrected chi connectivity index (χ4v) is 5.04. The summed E-state index contributed by atoms with van der Waals surface area (Å²) in [4.78, 5) is 12.5. The van der Waals surface area contributed by atoms with Crippen LogP contribution in [-0.2, 0) is 14.8 Å². The van der Waals surface area contributed by atoms with Crippen molar-refractivity contribution in [3.05, 3.63) is 30.1 Å². The molecule has 0 bridgehead atoms. The number of benzene rings is 1. The first-order valence-corrected chi connectivity index (χ1v) is 9.97. The van der Waals surface area contributed by atoms with Gasteiger partial charge in [0.15, 0.2) is 0 Å². The lowest BCUT2D eigenvalue weighted by Gasteiger charge is -2.31. The van der Waals surface area contributed by atoms with E-state index >= 15 is 0 Å². The van der Waals surface area contributed by atoms with Crippen LogP contribution in [0.3, 0.4) is 0 Å². The fraction of sp³-hybridized carbons (Fsp3) is 0.588. The molecule has 1 saturated heterocycles. The van der Waals surface area contributed by atoms with Crippen LogP contribution in [0.1, 0.15) is 38.5 Å². The number of halogens is 1. The Bertz CT molecular complexity index is 684. The zero-order chi connectivity index (χ0) is 17.2. The lowest BCUT2D eigenvalue weighted by Crippen LogP contribution is -2.47. The lowest BCUT2D eigenvalue weighted by atomic mass is 9.98. The Morgan fingerprint density at radius 1 is 1.08 bits per heavy atom. The average Bonchev–Trinajstić information content (AvgIpc) is 3.08. The predicted molar refractivity (Wildman–Crippen MR) is 88.3 cm³/mol. The summed E-state index contributed by atoms with van der Waals surface area (Å²) in [5, 5.41) is 3.06. The second kappa shape index (κ2) is 7.19. The topological polar surface area (TPSA) is 66.5 Å². The third kappa shape index (κ3) is 3.78. The van der Waals surface area contributed by atoms with Crippen LogP contribution in [0, 0.1) is 11.7 Å². The summed E-state index contributed by atoms with van der Waals surface area (Å²) in [6.07, 6.45) is 5.66. The van der Waals surface area contributed by atoms with Gasteiger partial charge in [-0.05, 0) is 49.9 Å². The van der Waals surface area contributed by atoms with Gasteiger partial charge in [-0.15, -0.1) is 0 Å². The maximum Gasteiger partial charge on any atom is 0.243 e. The molecule has 1 saturated carbocycles. The van der Waals surface area contributed by atoms with E-state index in [1.54, 1.807) is 0 Å². The van der Waals surface area contributed by atoms with Crippen LogP contribution in [-0.4, -0.2) is 37.8 Å². The molecular weight excluding hydrogens is 331 g/mol. The third-order valence-corrected chi connectivity index (χ3v) is 6.79. The number of carbonyl (C=O) groups is 1. The van der Waals surface area contributed by atoms with E-state index in [0.717, 1.165) is 37.8 Å². The number of nitrogens with zero attached hydrogens (tertiary/aromatic N) is 1. The molecule has 1 N–H and O–H groups in total. The van der Waals surface area contributed by atoms with Gasteiger partial charge < -0.3 is 5.32 Å². The van der Waals surface area contributed by atoms with Gasteiger partial charge in [-0.1, -0.05) is 12.8 Å². The number of amides is 1. The van der Waals surface area contributed by atoms with Crippen molar-refractivity contribution in [1.82, 2.24) is 9.62 Å². The minimum Gasteiger partial charge on any atom is -0.353 e. The molecule has 1 atom stereocenters. The molecule has 0 unspecified atom stereocenters. The van der Waals surface area contributed by atoms with Gasteiger partial charge in [0.05, 0.1) is 10.8 Å². The Balaban J connectivity index is 1.68. The number of sulfonamides is 1. The van der Waals surface area contributed by atoms with E-state index in [9.17, 15) is 17.6 Å². The molecule has 7 heteroatoms.